The predicted octanol–water partition coefficient (Wildman–Crippen LogP) is 3.34. The average molecular weight is 835 g/mol. The van der Waals surface area contributed by atoms with Gasteiger partial charge in [-0.05, 0) is 111 Å². The predicted molar refractivity (Wildman–Crippen MR) is 142 cm³/mol. The van der Waals surface area contributed by atoms with Gasteiger partial charge in [-0.25, -0.2) is 13.2 Å². The summed E-state index contributed by atoms with van der Waals surface area (Å²) in [6, 6.07) is 8.09. The van der Waals surface area contributed by atoms with Crippen LogP contribution in [0.5, 0.6) is 5.75 Å². The molecule has 0 spiro atoms. The number of fused-ring (bicyclic) bond motifs is 1. The fourth-order valence-corrected chi connectivity index (χ4v) is 7.88. The maximum absolute atomic E-state index is 13.1. The van der Waals surface area contributed by atoms with Gasteiger partial charge < -0.3 is 18.8 Å². The molecule has 1 saturated heterocycles. The number of benzene rings is 2. The fraction of sp³-hybridized carbons (Fsp3) is 0.318. The number of hydrogen-bond donors (Lipinski definition) is 0. The highest BCUT2D eigenvalue weighted by atomic mass is 127. The molecule has 13 heteroatoms. The van der Waals surface area contributed by atoms with Gasteiger partial charge in [0.1, 0.15) is 28.1 Å². The fourth-order valence-electron chi connectivity index (χ4n) is 5.19. The van der Waals surface area contributed by atoms with E-state index in [2.05, 4.69) is 67.8 Å². The zero-order chi connectivity index (χ0) is 25.2. The van der Waals surface area contributed by atoms with Crippen LogP contribution in [0, 0.1) is 34.4 Å². The summed E-state index contributed by atoms with van der Waals surface area (Å²) in [5.41, 5.74) is 0.395. The second-order valence-electron chi connectivity index (χ2n) is 8.48. The number of halogens is 3. The van der Waals surface area contributed by atoms with Crippen molar-refractivity contribution in [1.29, 1.82) is 0 Å². The van der Waals surface area contributed by atoms with Crippen LogP contribution in [0.25, 0.3) is 0 Å². The summed E-state index contributed by atoms with van der Waals surface area (Å²) in [6.07, 6.45) is -0.908. The smallest absolute Gasteiger partial charge is 0.339 e. The maximum atomic E-state index is 13.1. The lowest BCUT2D eigenvalue weighted by molar-refractivity contribution is -0.149. The van der Waals surface area contributed by atoms with Gasteiger partial charge in [-0.1, -0.05) is 0 Å². The molecule has 2 saturated carbocycles. The number of hydrogen-bond acceptors (Lipinski definition) is 9. The van der Waals surface area contributed by atoms with Crippen LogP contribution in [-0.4, -0.2) is 43.1 Å². The van der Waals surface area contributed by atoms with Crippen molar-refractivity contribution < 1.29 is 41.6 Å². The standard InChI is InChI=1S/C22H15I3O9S/c23-13-7-15(25)14(24)6-10(13)20(26)33-18-11-5-12-17(22(28)34-19(12)18)16(11)21(27)32-8-1-3-9(4-2-8)35(29,30)31/h1-4,6-7,11-12,16-19H,5H2,(H,29,30,31)/p-1. The van der Waals surface area contributed by atoms with Gasteiger partial charge in [-0.2, -0.15) is 0 Å². The summed E-state index contributed by atoms with van der Waals surface area (Å²) in [4.78, 5) is 38.3. The van der Waals surface area contributed by atoms with E-state index in [1.165, 1.54) is 12.1 Å². The Bertz CT molecular complexity index is 1360. The Kier molecular flexibility index (Phi) is 6.84. The van der Waals surface area contributed by atoms with Crippen molar-refractivity contribution >= 4 is 95.8 Å². The van der Waals surface area contributed by atoms with Crippen LogP contribution in [0.15, 0.2) is 41.3 Å². The van der Waals surface area contributed by atoms with Gasteiger partial charge in [0, 0.05) is 22.5 Å². The van der Waals surface area contributed by atoms with E-state index in [4.69, 9.17) is 14.2 Å². The number of carbonyl (C=O) groups is 3. The Balaban J connectivity index is 1.37. The van der Waals surface area contributed by atoms with Crippen molar-refractivity contribution in [2.24, 2.45) is 23.7 Å². The van der Waals surface area contributed by atoms with Gasteiger partial charge in [0.15, 0.2) is 0 Å². The van der Waals surface area contributed by atoms with Crippen LogP contribution in [0.2, 0.25) is 0 Å². The minimum atomic E-state index is -4.64. The maximum Gasteiger partial charge on any atom is 0.339 e. The third kappa shape index (κ3) is 4.59. The first kappa shape index (κ1) is 25.6. The summed E-state index contributed by atoms with van der Waals surface area (Å²) < 4.78 is 52.7. The molecule has 1 aliphatic heterocycles. The Morgan fingerprint density at radius 1 is 1.00 bits per heavy atom. The Labute approximate surface area is 240 Å². The van der Waals surface area contributed by atoms with Crippen LogP contribution in [0.4, 0.5) is 0 Å². The van der Waals surface area contributed by atoms with Crippen molar-refractivity contribution in [2.45, 2.75) is 23.5 Å². The topological polar surface area (TPSA) is 136 Å². The molecular formula is C22H14I3O9S-. The van der Waals surface area contributed by atoms with Crippen molar-refractivity contribution in [3.8, 4) is 5.75 Å². The molecule has 35 heavy (non-hydrogen) atoms. The monoisotopic (exact) mass is 835 g/mol. The normalized spacial score (nSPS) is 28.6. The highest BCUT2D eigenvalue weighted by Gasteiger charge is 2.70. The Morgan fingerprint density at radius 3 is 2.31 bits per heavy atom. The molecular weight excluding hydrogens is 821 g/mol. The van der Waals surface area contributed by atoms with Gasteiger partial charge in [0.2, 0.25) is 0 Å². The Morgan fingerprint density at radius 2 is 1.66 bits per heavy atom. The van der Waals surface area contributed by atoms with Gasteiger partial charge in [-0.15, -0.1) is 0 Å². The molecule has 0 aromatic heterocycles. The first-order valence-electron chi connectivity index (χ1n) is 10.3. The van der Waals surface area contributed by atoms with Crippen molar-refractivity contribution in [3.63, 3.8) is 0 Å². The molecule has 2 aromatic rings. The molecule has 5 rings (SSSR count). The van der Waals surface area contributed by atoms with Crippen LogP contribution in [-0.2, 0) is 29.2 Å². The molecule has 2 bridgehead atoms. The molecule has 3 fully saturated rings. The second-order valence-corrected chi connectivity index (χ2v) is 13.3. The van der Waals surface area contributed by atoms with E-state index in [-0.39, 0.29) is 11.7 Å². The minimum absolute atomic E-state index is 0.0321. The van der Waals surface area contributed by atoms with Crippen LogP contribution in [0.3, 0.4) is 0 Å². The summed E-state index contributed by atoms with van der Waals surface area (Å²) in [7, 11) is -4.64. The number of esters is 3. The SMILES string of the molecule is O=C(OC1C2CC3C1OC(=O)C3C2C(=O)Oc1ccc(S(=O)(=O)[O-])cc1)c1cc(I)c(I)cc1I. The molecule has 184 valence electrons. The van der Waals surface area contributed by atoms with E-state index < -0.39 is 62.9 Å². The average Bonchev–Trinajstić information content (AvgIpc) is 3.39. The van der Waals surface area contributed by atoms with Crippen LogP contribution in [0.1, 0.15) is 16.8 Å². The van der Waals surface area contributed by atoms with E-state index in [0.717, 1.165) is 22.8 Å². The van der Waals surface area contributed by atoms with E-state index >= 15 is 0 Å². The zero-order valence-electron chi connectivity index (χ0n) is 17.4. The molecule has 6 unspecified atom stereocenters. The first-order chi connectivity index (χ1) is 16.5. The van der Waals surface area contributed by atoms with Gasteiger partial charge in [-0.3, -0.25) is 9.59 Å². The van der Waals surface area contributed by atoms with Gasteiger partial charge >= 0.3 is 17.9 Å². The number of rotatable bonds is 5. The second kappa shape index (κ2) is 9.36. The largest absolute Gasteiger partial charge is 0.744 e. The van der Waals surface area contributed by atoms with Crippen molar-refractivity contribution in [1.82, 2.24) is 0 Å². The lowest BCUT2D eigenvalue weighted by Crippen LogP contribution is -2.44. The molecule has 3 aliphatic rings. The van der Waals surface area contributed by atoms with E-state index in [9.17, 15) is 27.4 Å². The molecule has 0 amide bonds. The summed E-state index contributed by atoms with van der Waals surface area (Å²) in [6.45, 7) is 0. The summed E-state index contributed by atoms with van der Waals surface area (Å²) >= 11 is 6.37. The quantitative estimate of drug-likeness (QED) is 0.146. The van der Waals surface area contributed by atoms with E-state index in [1.54, 1.807) is 6.07 Å². The molecule has 2 aromatic carbocycles. The first-order valence-corrected chi connectivity index (χ1v) is 14.9. The lowest BCUT2D eigenvalue weighted by atomic mass is 9.78. The number of ether oxygens (including phenoxy) is 3. The third-order valence-electron chi connectivity index (χ3n) is 6.62. The summed E-state index contributed by atoms with van der Waals surface area (Å²) in [5, 5.41) is 0. The molecule has 0 N–H and O–H groups in total. The molecule has 2 aliphatic carbocycles. The van der Waals surface area contributed by atoms with Crippen LogP contribution < -0.4 is 4.74 Å². The van der Waals surface area contributed by atoms with Crippen LogP contribution >= 0.6 is 67.8 Å². The highest BCUT2D eigenvalue weighted by Crippen LogP contribution is 2.59. The van der Waals surface area contributed by atoms with Gasteiger partial charge in [0.05, 0.1) is 22.3 Å². The molecule has 6 atom stereocenters. The zero-order valence-corrected chi connectivity index (χ0v) is 24.6. The van der Waals surface area contributed by atoms with Gasteiger partial charge in [0.25, 0.3) is 0 Å². The minimum Gasteiger partial charge on any atom is -0.744 e. The van der Waals surface area contributed by atoms with Crippen molar-refractivity contribution in [3.05, 3.63) is 52.7 Å². The summed E-state index contributed by atoms with van der Waals surface area (Å²) in [5.74, 6) is -4.01. The number of carbonyl (C=O) groups excluding carboxylic acids is 3. The molecule has 9 nitrogen and oxygen atoms in total. The third-order valence-corrected chi connectivity index (χ3v) is 11.2. The molecule has 1 heterocycles. The lowest BCUT2D eigenvalue weighted by Gasteiger charge is -2.30. The molecule has 0 radical (unpaired) electrons. The van der Waals surface area contributed by atoms with Crippen molar-refractivity contribution in [2.75, 3.05) is 0 Å². The van der Waals surface area contributed by atoms with E-state index in [1.807, 2.05) is 6.07 Å². The highest BCUT2D eigenvalue weighted by molar-refractivity contribution is 14.1. The Hall–Kier alpha value is -1.05. The van der Waals surface area contributed by atoms with E-state index in [0.29, 0.717) is 12.0 Å².